The van der Waals surface area contributed by atoms with Crippen LogP contribution in [-0.4, -0.2) is 50.8 Å². The molecule has 2 N–H and O–H groups in total. The number of alkyl halides is 3. The highest BCUT2D eigenvalue weighted by Gasteiger charge is 2.44. The Balaban J connectivity index is 1.47. The van der Waals surface area contributed by atoms with Gasteiger partial charge < -0.3 is 10.6 Å². The highest BCUT2D eigenvalue weighted by molar-refractivity contribution is 8.20. The molecule has 4 aromatic rings. The third kappa shape index (κ3) is 5.68. The maximum atomic E-state index is 15.2. The predicted molar refractivity (Wildman–Crippen MR) is 155 cm³/mol. The first-order chi connectivity index (χ1) is 20.0. The number of amides is 1. The number of anilines is 1. The monoisotopic (exact) mass is 619 g/mol. The smallest absolute Gasteiger partial charge is 0.382 e. The van der Waals surface area contributed by atoms with E-state index in [4.69, 9.17) is 5.10 Å². The second-order valence-electron chi connectivity index (χ2n) is 10.3. The summed E-state index contributed by atoms with van der Waals surface area (Å²) < 4.78 is 69.0. The minimum Gasteiger partial charge on any atom is -0.382 e. The predicted octanol–water partition coefficient (Wildman–Crippen LogP) is 6.92. The fraction of sp³-hybridized carbons (Fsp3) is 0.345. The van der Waals surface area contributed by atoms with Crippen molar-refractivity contribution in [3.63, 3.8) is 0 Å². The zero-order valence-corrected chi connectivity index (χ0v) is 24.0. The molecule has 6 rings (SSSR count). The molecule has 0 atom stereocenters. The Morgan fingerprint density at radius 2 is 1.86 bits per heavy atom. The van der Waals surface area contributed by atoms with Gasteiger partial charge >= 0.3 is 6.18 Å². The Labute approximate surface area is 246 Å². The van der Waals surface area contributed by atoms with E-state index in [1.807, 2.05) is 13.0 Å². The number of carbonyl (C=O) groups is 1. The lowest BCUT2D eigenvalue weighted by atomic mass is 10.0. The Bertz CT molecular complexity index is 1660. The zero-order valence-electron chi connectivity index (χ0n) is 22.4. The molecule has 1 saturated heterocycles. The summed E-state index contributed by atoms with van der Waals surface area (Å²) in [6.45, 7) is 1.42. The van der Waals surface area contributed by atoms with Crippen molar-refractivity contribution < 1.29 is 26.7 Å². The van der Waals surface area contributed by atoms with Crippen LogP contribution in [0.4, 0.5) is 27.6 Å². The number of aromatic nitrogens is 3. The van der Waals surface area contributed by atoms with E-state index in [1.54, 1.807) is 24.4 Å². The zero-order chi connectivity index (χ0) is 29.6. The largest absolute Gasteiger partial charge is 0.390 e. The molecule has 1 aliphatic heterocycles. The van der Waals surface area contributed by atoms with E-state index in [0.717, 1.165) is 36.6 Å². The Morgan fingerprint density at radius 1 is 1.10 bits per heavy atom. The van der Waals surface area contributed by atoms with Crippen LogP contribution in [0.1, 0.15) is 46.4 Å². The molecule has 2 fully saturated rings. The number of nitrogens with zero attached hydrogens (tertiary/aromatic N) is 3. The van der Waals surface area contributed by atoms with Crippen molar-refractivity contribution in [3.8, 4) is 11.3 Å². The molecule has 3 heterocycles. The molecule has 42 heavy (non-hydrogen) atoms. The molecule has 1 saturated carbocycles. The highest BCUT2D eigenvalue weighted by Crippen LogP contribution is 2.56. The summed E-state index contributed by atoms with van der Waals surface area (Å²) in [6, 6.07) is 10.4. The number of benzene rings is 2. The van der Waals surface area contributed by atoms with Gasteiger partial charge in [-0.3, -0.25) is 4.79 Å². The number of thioether (sulfide) groups is 2. The third-order valence-corrected chi connectivity index (χ3v) is 10.6. The molecule has 220 valence electrons. The topological polar surface area (TPSA) is 71.3 Å². The maximum absolute atomic E-state index is 15.2. The van der Waals surface area contributed by atoms with E-state index in [-0.39, 0.29) is 28.8 Å². The first kappa shape index (κ1) is 28.8. The molecule has 13 heteroatoms. The molecule has 0 bridgehead atoms. The first-order valence-corrected chi connectivity index (χ1v) is 15.4. The molecule has 0 spiro atoms. The van der Waals surface area contributed by atoms with Crippen LogP contribution < -0.4 is 10.6 Å². The maximum Gasteiger partial charge on any atom is 0.390 e. The highest BCUT2D eigenvalue weighted by atomic mass is 32.2. The lowest BCUT2D eigenvalue weighted by molar-refractivity contribution is -0.131. The third-order valence-electron chi connectivity index (χ3n) is 7.19. The van der Waals surface area contributed by atoms with Crippen LogP contribution in [0.15, 0.2) is 48.7 Å². The molecule has 2 aromatic heterocycles. The fourth-order valence-electron chi connectivity index (χ4n) is 4.97. The summed E-state index contributed by atoms with van der Waals surface area (Å²) >= 11 is 2.79. The second-order valence-corrected chi connectivity index (χ2v) is 13.2. The van der Waals surface area contributed by atoms with Crippen LogP contribution >= 0.6 is 23.5 Å². The van der Waals surface area contributed by atoms with Crippen LogP contribution in [0.5, 0.6) is 0 Å². The van der Waals surface area contributed by atoms with Gasteiger partial charge in [0.25, 0.3) is 5.91 Å². The van der Waals surface area contributed by atoms with Crippen LogP contribution in [0, 0.1) is 18.6 Å². The molecule has 6 nitrogen and oxygen atoms in total. The number of halogens is 5. The number of imidazole rings is 1. The quantitative estimate of drug-likeness (QED) is 0.209. The minimum absolute atomic E-state index is 0.103. The average Bonchev–Trinajstić information content (AvgIpc) is 3.42. The lowest BCUT2D eigenvalue weighted by Gasteiger charge is -2.28. The Kier molecular flexibility index (Phi) is 7.58. The SMILES string of the molecule is Cc1cc(-c2cnc3c(NCCC(F)(F)F)cc(C4(c5cc(F)ccc5F)SCCS4)nn23)ccc1C(=O)NC1CC1. The van der Waals surface area contributed by atoms with Crippen LogP contribution in [0.25, 0.3) is 16.9 Å². The number of carbonyl (C=O) groups excluding carboxylic acids is 1. The van der Waals surface area contributed by atoms with Crippen molar-refractivity contribution in [2.75, 3.05) is 23.4 Å². The van der Waals surface area contributed by atoms with Gasteiger partial charge in [0, 0.05) is 40.8 Å². The summed E-state index contributed by atoms with van der Waals surface area (Å²) in [7, 11) is 0. The second kappa shape index (κ2) is 11.1. The summed E-state index contributed by atoms with van der Waals surface area (Å²) in [5.41, 5.74) is 3.52. The van der Waals surface area contributed by atoms with E-state index in [9.17, 15) is 22.4 Å². The summed E-state index contributed by atoms with van der Waals surface area (Å²) in [6.07, 6.45) is -1.94. The van der Waals surface area contributed by atoms with Gasteiger partial charge in [-0.05, 0) is 61.7 Å². The molecule has 2 aliphatic rings. The van der Waals surface area contributed by atoms with Crippen molar-refractivity contribution in [2.45, 2.75) is 42.5 Å². The lowest BCUT2D eigenvalue weighted by Crippen LogP contribution is -2.26. The molecule has 1 amide bonds. The standard InChI is InChI=1S/C29H26F5N5OS2/c1-16-12-17(2-6-20(16)27(40)37-19-4-5-19)24-15-36-26-23(35-9-8-28(32,33)34)14-25(38-39(24)26)29(41-10-11-42-29)21-13-18(30)3-7-22(21)31/h2-3,6-7,12-15,19,35H,4-5,8-11H2,1H3,(H,37,40). The summed E-state index contributed by atoms with van der Waals surface area (Å²) in [4.78, 5) is 17.1. The van der Waals surface area contributed by atoms with Crippen molar-refractivity contribution >= 4 is 40.8 Å². The number of rotatable bonds is 8. The van der Waals surface area contributed by atoms with Crippen molar-refractivity contribution in [1.82, 2.24) is 19.9 Å². The summed E-state index contributed by atoms with van der Waals surface area (Å²) in [5.74, 6) is -0.0817. The van der Waals surface area contributed by atoms with Gasteiger partial charge in [-0.25, -0.2) is 18.3 Å². The molecular weight excluding hydrogens is 593 g/mol. The van der Waals surface area contributed by atoms with E-state index < -0.39 is 34.9 Å². The molecule has 0 unspecified atom stereocenters. The van der Waals surface area contributed by atoms with E-state index in [1.165, 1.54) is 28.0 Å². The number of hydrogen-bond donors (Lipinski definition) is 2. The number of fused-ring (bicyclic) bond motifs is 1. The molecule has 2 aromatic carbocycles. The van der Waals surface area contributed by atoms with Gasteiger partial charge in [-0.15, -0.1) is 23.5 Å². The number of nitrogens with one attached hydrogen (secondary N) is 2. The van der Waals surface area contributed by atoms with Gasteiger partial charge in [0.1, 0.15) is 15.7 Å². The van der Waals surface area contributed by atoms with E-state index in [2.05, 4.69) is 15.6 Å². The van der Waals surface area contributed by atoms with Crippen molar-refractivity contribution in [1.29, 1.82) is 0 Å². The van der Waals surface area contributed by atoms with Crippen LogP contribution in [0.3, 0.4) is 0 Å². The van der Waals surface area contributed by atoms with Gasteiger partial charge in [-0.1, -0.05) is 6.07 Å². The molecule has 1 aliphatic carbocycles. The normalized spacial score (nSPS) is 16.6. The van der Waals surface area contributed by atoms with Gasteiger partial charge in [0.2, 0.25) is 0 Å². The molecule has 0 radical (unpaired) electrons. The Hall–Kier alpha value is -3.32. The van der Waals surface area contributed by atoms with Crippen LogP contribution in [0.2, 0.25) is 0 Å². The van der Waals surface area contributed by atoms with Gasteiger partial charge in [0.15, 0.2) is 5.65 Å². The van der Waals surface area contributed by atoms with Gasteiger partial charge in [0.05, 0.1) is 29.7 Å². The van der Waals surface area contributed by atoms with Crippen molar-refractivity contribution in [2.24, 2.45) is 0 Å². The van der Waals surface area contributed by atoms with E-state index in [0.29, 0.717) is 34.0 Å². The molecular formula is C29H26F5N5OS2. The number of aryl methyl sites for hydroxylation is 1. The summed E-state index contributed by atoms with van der Waals surface area (Å²) in [5, 5.41) is 10.7. The fourth-order valence-corrected chi connectivity index (χ4v) is 8.16. The Morgan fingerprint density at radius 3 is 2.55 bits per heavy atom. The van der Waals surface area contributed by atoms with E-state index >= 15 is 4.39 Å². The minimum atomic E-state index is -4.37. The first-order valence-electron chi connectivity index (χ1n) is 13.4. The van der Waals surface area contributed by atoms with Gasteiger partial charge in [-0.2, -0.15) is 18.3 Å². The van der Waals surface area contributed by atoms with Crippen molar-refractivity contribution in [3.05, 3.63) is 82.7 Å². The van der Waals surface area contributed by atoms with Crippen LogP contribution in [-0.2, 0) is 4.08 Å². The number of hydrogen-bond acceptors (Lipinski definition) is 6. The average molecular weight is 620 g/mol.